The first-order chi connectivity index (χ1) is 18.0. The van der Waals surface area contributed by atoms with Crippen LogP contribution in [0, 0.1) is 11.8 Å². The Balaban J connectivity index is 1.59. The van der Waals surface area contributed by atoms with E-state index in [1.54, 1.807) is 32.8 Å². The molecule has 208 valence electrons. The Morgan fingerprint density at radius 3 is 2.42 bits per heavy atom. The van der Waals surface area contributed by atoms with Crippen LogP contribution in [0.3, 0.4) is 0 Å². The van der Waals surface area contributed by atoms with Gasteiger partial charge in [-0.1, -0.05) is 18.2 Å². The highest BCUT2D eigenvalue weighted by atomic mass is 16.6. The molecule has 4 rings (SSSR count). The second kappa shape index (κ2) is 11.3. The summed E-state index contributed by atoms with van der Waals surface area (Å²) in [5, 5.41) is 21.8. The number of amides is 2. The topological polar surface area (TPSA) is 122 Å². The van der Waals surface area contributed by atoms with Gasteiger partial charge in [0, 0.05) is 63.0 Å². The highest BCUT2D eigenvalue weighted by molar-refractivity contribution is 5.86. The number of methoxy groups -OCH3 is 1. The molecule has 0 unspecified atom stereocenters. The number of carboxylic acid groups (broad SMARTS) is 1. The number of hydrogen-bond donors (Lipinski definition) is 2. The van der Waals surface area contributed by atoms with Crippen molar-refractivity contribution in [3.05, 3.63) is 36.0 Å². The summed E-state index contributed by atoms with van der Waals surface area (Å²) < 4.78 is 12.8. The summed E-state index contributed by atoms with van der Waals surface area (Å²) in [5.74, 6) is -3.93. The summed E-state index contributed by atoms with van der Waals surface area (Å²) >= 11 is 0. The molecule has 10 nitrogen and oxygen atoms in total. The molecule has 10 heteroatoms. The van der Waals surface area contributed by atoms with Crippen molar-refractivity contribution in [2.75, 3.05) is 26.8 Å². The SMILES string of the molecule is COCCCn1cc(CN(C(=O)[C@H]2CN(C(=O)OC(C)(C)C)C[C@@H](C(=O)O)[C@H]2O)C2CC2)c2ccccc21. The normalized spacial score (nSPS) is 21.9. The molecule has 38 heavy (non-hydrogen) atoms. The maximum absolute atomic E-state index is 13.9. The Labute approximate surface area is 223 Å². The predicted octanol–water partition coefficient (Wildman–Crippen LogP) is 3.10. The van der Waals surface area contributed by atoms with E-state index in [-0.39, 0.29) is 25.0 Å². The second-order valence-electron chi connectivity index (χ2n) is 11.3. The number of rotatable bonds is 9. The van der Waals surface area contributed by atoms with E-state index in [0.29, 0.717) is 13.2 Å². The Bertz CT molecular complexity index is 1170. The number of likely N-dealkylation sites (tertiary alicyclic amines) is 1. The molecule has 1 aliphatic heterocycles. The number of ether oxygens (including phenoxy) is 2. The number of carbonyl (C=O) groups excluding carboxylic acids is 2. The van der Waals surface area contributed by atoms with Crippen LogP contribution in [0.15, 0.2) is 30.5 Å². The number of nitrogens with zero attached hydrogens (tertiary/aromatic N) is 3. The van der Waals surface area contributed by atoms with Gasteiger partial charge in [0.05, 0.1) is 12.0 Å². The minimum Gasteiger partial charge on any atom is -0.481 e. The number of para-hydroxylation sites is 1. The number of fused-ring (bicyclic) bond motifs is 1. The molecule has 2 N–H and O–H groups in total. The molecular weight excluding hydrogens is 490 g/mol. The van der Waals surface area contributed by atoms with E-state index in [4.69, 9.17) is 9.47 Å². The zero-order chi connectivity index (χ0) is 27.6. The average Bonchev–Trinajstić information content (AvgIpc) is 3.64. The molecule has 1 saturated carbocycles. The summed E-state index contributed by atoms with van der Waals surface area (Å²) in [6.45, 7) is 6.62. The lowest BCUT2D eigenvalue weighted by Gasteiger charge is -2.41. The van der Waals surface area contributed by atoms with Gasteiger partial charge >= 0.3 is 12.1 Å². The predicted molar refractivity (Wildman–Crippen MR) is 140 cm³/mol. The third-order valence-electron chi connectivity index (χ3n) is 7.17. The number of carboxylic acids is 1. The quantitative estimate of drug-likeness (QED) is 0.479. The number of hydrogen-bond acceptors (Lipinski definition) is 6. The van der Waals surface area contributed by atoms with Gasteiger partial charge in [-0.2, -0.15) is 0 Å². The molecule has 1 aromatic carbocycles. The van der Waals surface area contributed by atoms with Crippen LogP contribution in [0.2, 0.25) is 0 Å². The Kier molecular flexibility index (Phi) is 8.32. The first-order valence-electron chi connectivity index (χ1n) is 13.2. The molecule has 2 aromatic rings. The van der Waals surface area contributed by atoms with Crippen LogP contribution in [0.1, 0.15) is 45.6 Å². The number of aryl methyl sites for hydroxylation is 1. The molecule has 2 heterocycles. The highest BCUT2D eigenvalue weighted by Gasteiger charge is 2.48. The van der Waals surface area contributed by atoms with Gasteiger partial charge in [-0.05, 0) is 51.7 Å². The van der Waals surface area contributed by atoms with Gasteiger partial charge in [0.1, 0.15) is 11.5 Å². The Morgan fingerprint density at radius 2 is 1.79 bits per heavy atom. The number of aliphatic carboxylic acids is 1. The lowest BCUT2D eigenvalue weighted by Crippen LogP contribution is -2.58. The molecule has 1 saturated heterocycles. The van der Waals surface area contributed by atoms with Crippen molar-refractivity contribution in [3.63, 3.8) is 0 Å². The van der Waals surface area contributed by atoms with Crippen LogP contribution in [0.25, 0.3) is 10.9 Å². The minimum absolute atomic E-state index is 0.0190. The molecule has 2 fully saturated rings. The third-order valence-corrected chi connectivity index (χ3v) is 7.17. The van der Waals surface area contributed by atoms with Crippen molar-refractivity contribution in [1.82, 2.24) is 14.4 Å². The van der Waals surface area contributed by atoms with Gasteiger partial charge in [-0.25, -0.2) is 4.79 Å². The number of benzene rings is 1. The first-order valence-corrected chi connectivity index (χ1v) is 13.2. The fourth-order valence-electron chi connectivity index (χ4n) is 5.15. The number of aliphatic hydroxyl groups is 1. The maximum atomic E-state index is 13.9. The summed E-state index contributed by atoms with van der Waals surface area (Å²) in [5.41, 5.74) is 1.28. The Morgan fingerprint density at radius 1 is 1.11 bits per heavy atom. The first kappa shape index (κ1) is 27.9. The molecule has 0 bridgehead atoms. The van der Waals surface area contributed by atoms with Crippen LogP contribution in [0.4, 0.5) is 4.79 Å². The van der Waals surface area contributed by atoms with Crippen LogP contribution < -0.4 is 0 Å². The standard InChI is InChI=1S/C28H39N3O7/c1-28(2,3)38-27(36)30-16-21(24(32)22(17-30)26(34)35)25(33)31(19-10-11-19)15-18-14-29(12-7-13-37-4)23-9-6-5-8-20(18)23/h5-6,8-9,14,19,21-22,24,32H,7,10-13,15-17H2,1-4H3,(H,34,35)/t21-,22+,24-/m0/s1. The number of aliphatic hydroxyl groups excluding tert-OH is 1. The smallest absolute Gasteiger partial charge is 0.410 e. The Hall–Kier alpha value is -3.11. The molecule has 0 radical (unpaired) electrons. The third kappa shape index (κ3) is 6.30. The number of aromatic nitrogens is 1. The van der Waals surface area contributed by atoms with E-state index in [2.05, 4.69) is 16.8 Å². The largest absolute Gasteiger partial charge is 0.481 e. The van der Waals surface area contributed by atoms with Crippen molar-refractivity contribution in [2.24, 2.45) is 11.8 Å². The van der Waals surface area contributed by atoms with Crippen LogP contribution in [-0.4, -0.2) is 87.1 Å². The van der Waals surface area contributed by atoms with Crippen molar-refractivity contribution < 1.29 is 34.1 Å². The highest BCUT2D eigenvalue weighted by Crippen LogP contribution is 2.35. The van der Waals surface area contributed by atoms with Gasteiger partial charge in [0.25, 0.3) is 0 Å². The van der Waals surface area contributed by atoms with E-state index in [0.717, 1.165) is 42.3 Å². The molecule has 1 aliphatic carbocycles. The summed E-state index contributed by atoms with van der Waals surface area (Å²) in [6.07, 6.45) is 2.51. The van der Waals surface area contributed by atoms with Gasteiger partial charge in [0.15, 0.2) is 0 Å². The molecule has 2 amide bonds. The van der Waals surface area contributed by atoms with E-state index in [9.17, 15) is 24.6 Å². The molecule has 3 atom stereocenters. The van der Waals surface area contributed by atoms with Crippen molar-refractivity contribution >= 4 is 28.9 Å². The van der Waals surface area contributed by atoms with Crippen molar-refractivity contribution in [2.45, 2.75) is 70.9 Å². The lowest BCUT2D eigenvalue weighted by molar-refractivity contribution is -0.157. The fraction of sp³-hybridized carbons (Fsp3) is 0.607. The molecular formula is C28H39N3O7. The number of piperidine rings is 1. The second-order valence-corrected chi connectivity index (χ2v) is 11.3. The van der Waals surface area contributed by atoms with Gasteiger partial charge in [-0.3, -0.25) is 9.59 Å². The summed E-state index contributed by atoms with van der Waals surface area (Å²) in [7, 11) is 1.68. The van der Waals surface area contributed by atoms with E-state index in [1.807, 2.05) is 18.2 Å². The lowest BCUT2D eigenvalue weighted by atomic mass is 9.85. The van der Waals surface area contributed by atoms with Crippen LogP contribution >= 0.6 is 0 Å². The van der Waals surface area contributed by atoms with Gasteiger partial charge < -0.3 is 34.1 Å². The van der Waals surface area contributed by atoms with E-state index >= 15 is 0 Å². The molecule has 2 aliphatic rings. The summed E-state index contributed by atoms with van der Waals surface area (Å²) in [6, 6.07) is 8.06. The van der Waals surface area contributed by atoms with E-state index < -0.39 is 35.6 Å². The van der Waals surface area contributed by atoms with Crippen molar-refractivity contribution in [1.29, 1.82) is 0 Å². The monoisotopic (exact) mass is 529 g/mol. The van der Waals surface area contributed by atoms with Crippen LogP contribution in [-0.2, 0) is 32.2 Å². The number of carbonyl (C=O) groups is 3. The molecule has 0 spiro atoms. The van der Waals surface area contributed by atoms with Crippen molar-refractivity contribution in [3.8, 4) is 0 Å². The average molecular weight is 530 g/mol. The maximum Gasteiger partial charge on any atom is 0.410 e. The molecule has 1 aromatic heterocycles. The fourth-order valence-corrected chi connectivity index (χ4v) is 5.15. The zero-order valence-corrected chi connectivity index (χ0v) is 22.6. The zero-order valence-electron chi connectivity index (χ0n) is 22.6. The van der Waals surface area contributed by atoms with Gasteiger partial charge in [-0.15, -0.1) is 0 Å². The minimum atomic E-state index is -1.41. The van der Waals surface area contributed by atoms with Gasteiger partial charge in [0.2, 0.25) is 5.91 Å². The summed E-state index contributed by atoms with van der Waals surface area (Å²) in [4.78, 5) is 41.7. The van der Waals surface area contributed by atoms with E-state index in [1.165, 1.54) is 4.90 Å². The van der Waals surface area contributed by atoms with Crippen LogP contribution in [0.5, 0.6) is 0 Å².